The lowest BCUT2D eigenvalue weighted by Crippen LogP contribution is -2.48. The topological polar surface area (TPSA) is 38.8 Å². The maximum absolute atomic E-state index is 11.2. The number of rotatable bonds is 9. The summed E-state index contributed by atoms with van der Waals surface area (Å²) in [5.74, 6) is 0.235. The van der Waals surface area contributed by atoms with Gasteiger partial charge in [0.25, 0.3) is 0 Å². The van der Waals surface area contributed by atoms with Gasteiger partial charge in [0.15, 0.2) is 5.78 Å². The standard InChI is InChI=1S/C12H23NO3S/c1-10(2)12(14)9-15-5-4-6-16-11-7-13(8-11)17-3/h10-11H,4-9H2,1-3H3. The molecule has 0 radical (unpaired) electrons. The van der Waals surface area contributed by atoms with Gasteiger partial charge in [-0.1, -0.05) is 25.8 Å². The Morgan fingerprint density at radius 2 is 2.12 bits per heavy atom. The summed E-state index contributed by atoms with van der Waals surface area (Å²) >= 11 is 1.76. The number of nitrogens with zero attached hydrogens (tertiary/aromatic N) is 1. The number of carbonyl (C=O) groups is 1. The molecule has 0 spiro atoms. The fraction of sp³-hybridized carbons (Fsp3) is 0.917. The van der Waals surface area contributed by atoms with Gasteiger partial charge in [0.1, 0.15) is 6.61 Å². The van der Waals surface area contributed by atoms with Gasteiger partial charge in [-0.25, -0.2) is 4.31 Å². The molecule has 1 rings (SSSR count). The molecule has 0 N–H and O–H groups in total. The van der Waals surface area contributed by atoms with Gasteiger partial charge in [-0.2, -0.15) is 0 Å². The first-order valence-corrected chi connectivity index (χ1v) is 7.32. The highest BCUT2D eigenvalue weighted by atomic mass is 32.2. The van der Waals surface area contributed by atoms with Crippen molar-refractivity contribution in [1.82, 2.24) is 4.31 Å². The van der Waals surface area contributed by atoms with Gasteiger partial charge in [-0.15, -0.1) is 0 Å². The molecule has 1 heterocycles. The normalized spacial score (nSPS) is 17.4. The van der Waals surface area contributed by atoms with E-state index in [1.165, 1.54) is 0 Å². The van der Waals surface area contributed by atoms with Crippen LogP contribution in [-0.4, -0.2) is 55.4 Å². The molecule has 0 aromatic rings. The zero-order chi connectivity index (χ0) is 12.7. The predicted molar refractivity (Wildman–Crippen MR) is 70.1 cm³/mol. The molecule has 0 atom stereocenters. The summed E-state index contributed by atoms with van der Waals surface area (Å²) in [5, 5.41) is 0. The molecular weight excluding hydrogens is 238 g/mol. The zero-order valence-electron chi connectivity index (χ0n) is 11.0. The third-order valence-corrected chi connectivity index (χ3v) is 3.56. The van der Waals surface area contributed by atoms with Gasteiger partial charge in [-0.3, -0.25) is 4.79 Å². The van der Waals surface area contributed by atoms with E-state index in [1.807, 2.05) is 13.8 Å². The van der Waals surface area contributed by atoms with Crippen molar-refractivity contribution in [3.63, 3.8) is 0 Å². The van der Waals surface area contributed by atoms with Gasteiger partial charge in [0.05, 0.1) is 6.10 Å². The number of hydrogen-bond acceptors (Lipinski definition) is 5. The van der Waals surface area contributed by atoms with Gasteiger partial charge in [0.2, 0.25) is 0 Å². The fourth-order valence-corrected chi connectivity index (χ4v) is 2.04. The molecule has 1 aliphatic rings. The minimum Gasteiger partial charge on any atom is -0.375 e. The highest BCUT2D eigenvalue weighted by molar-refractivity contribution is 7.96. The SMILES string of the molecule is CSN1CC(OCCCOCC(=O)C(C)C)C1. The second-order valence-electron chi connectivity index (χ2n) is 4.55. The molecule has 0 aliphatic carbocycles. The first-order chi connectivity index (χ1) is 8.13. The molecule has 4 nitrogen and oxygen atoms in total. The Balaban J connectivity index is 1.84. The van der Waals surface area contributed by atoms with Crippen LogP contribution < -0.4 is 0 Å². The van der Waals surface area contributed by atoms with Crippen molar-refractivity contribution in [2.75, 3.05) is 39.2 Å². The second-order valence-corrected chi connectivity index (χ2v) is 5.43. The van der Waals surface area contributed by atoms with Crippen LogP contribution in [-0.2, 0) is 14.3 Å². The Morgan fingerprint density at radius 3 is 2.71 bits per heavy atom. The Kier molecular flexibility index (Phi) is 7.11. The van der Waals surface area contributed by atoms with Crippen LogP contribution in [0.3, 0.4) is 0 Å². The van der Waals surface area contributed by atoms with Gasteiger partial charge in [0, 0.05) is 32.2 Å². The molecule has 0 aromatic carbocycles. The quantitative estimate of drug-likeness (QED) is 0.465. The van der Waals surface area contributed by atoms with E-state index in [0.717, 1.165) is 26.1 Å². The Hall–Kier alpha value is -0.100. The number of Topliss-reactive ketones (excluding diaryl/α,β-unsaturated/α-hetero) is 1. The minimum absolute atomic E-state index is 0.0683. The molecule has 0 saturated carbocycles. The van der Waals surface area contributed by atoms with Crippen molar-refractivity contribution >= 4 is 17.7 Å². The van der Waals surface area contributed by atoms with Crippen molar-refractivity contribution < 1.29 is 14.3 Å². The molecule has 0 amide bonds. The van der Waals surface area contributed by atoms with Crippen LogP contribution in [0.1, 0.15) is 20.3 Å². The Bertz CT molecular complexity index is 230. The van der Waals surface area contributed by atoms with Gasteiger partial charge >= 0.3 is 0 Å². The molecular formula is C12H23NO3S. The first-order valence-electron chi connectivity index (χ1n) is 6.14. The summed E-state index contributed by atoms with van der Waals surface area (Å²) in [7, 11) is 0. The van der Waals surface area contributed by atoms with Crippen LogP contribution in [0.4, 0.5) is 0 Å². The molecule has 17 heavy (non-hydrogen) atoms. The maximum Gasteiger partial charge on any atom is 0.160 e. The van der Waals surface area contributed by atoms with Crippen LogP contribution in [0.2, 0.25) is 0 Å². The van der Waals surface area contributed by atoms with Crippen molar-refractivity contribution in [3.8, 4) is 0 Å². The van der Waals surface area contributed by atoms with E-state index < -0.39 is 0 Å². The molecule has 1 fully saturated rings. The van der Waals surface area contributed by atoms with Crippen LogP contribution in [0.5, 0.6) is 0 Å². The molecule has 100 valence electrons. The van der Waals surface area contributed by atoms with E-state index in [9.17, 15) is 4.79 Å². The average molecular weight is 261 g/mol. The molecule has 1 saturated heterocycles. The fourth-order valence-electron chi connectivity index (χ4n) is 1.41. The third kappa shape index (κ3) is 5.86. The van der Waals surface area contributed by atoms with E-state index in [0.29, 0.717) is 12.7 Å². The Morgan fingerprint density at radius 1 is 1.41 bits per heavy atom. The second kappa shape index (κ2) is 8.08. The number of hydrogen-bond donors (Lipinski definition) is 0. The largest absolute Gasteiger partial charge is 0.375 e. The van der Waals surface area contributed by atoms with Crippen molar-refractivity contribution in [2.24, 2.45) is 5.92 Å². The first kappa shape index (κ1) is 15.0. The van der Waals surface area contributed by atoms with Gasteiger partial charge in [-0.05, 0) is 12.7 Å². The zero-order valence-corrected chi connectivity index (χ0v) is 11.8. The predicted octanol–water partition coefficient (Wildman–Crippen LogP) is 1.60. The van der Waals surface area contributed by atoms with E-state index in [1.54, 1.807) is 11.9 Å². The van der Waals surface area contributed by atoms with E-state index >= 15 is 0 Å². The molecule has 0 unspecified atom stereocenters. The average Bonchev–Trinajstić information content (AvgIpc) is 2.24. The lowest BCUT2D eigenvalue weighted by molar-refractivity contribution is -0.126. The monoisotopic (exact) mass is 261 g/mol. The summed E-state index contributed by atoms with van der Waals surface area (Å²) in [6.45, 7) is 7.40. The molecule has 0 bridgehead atoms. The van der Waals surface area contributed by atoms with E-state index in [2.05, 4.69) is 10.6 Å². The summed E-state index contributed by atoms with van der Waals surface area (Å²) < 4.78 is 13.2. The molecule has 1 aliphatic heterocycles. The van der Waals surface area contributed by atoms with Crippen LogP contribution in [0.25, 0.3) is 0 Å². The molecule has 5 heteroatoms. The minimum atomic E-state index is 0.0683. The Labute approximate surface area is 108 Å². The van der Waals surface area contributed by atoms with Crippen molar-refractivity contribution in [1.29, 1.82) is 0 Å². The summed E-state index contributed by atoms with van der Waals surface area (Å²) in [6.07, 6.45) is 3.33. The lowest BCUT2D eigenvalue weighted by atomic mass is 10.1. The van der Waals surface area contributed by atoms with Crippen molar-refractivity contribution in [3.05, 3.63) is 0 Å². The number of carbonyl (C=O) groups excluding carboxylic acids is 1. The third-order valence-electron chi connectivity index (χ3n) is 2.75. The number of ether oxygens (including phenoxy) is 2. The van der Waals surface area contributed by atoms with Crippen molar-refractivity contribution in [2.45, 2.75) is 26.4 Å². The van der Waals surface area contributed by atoms with Crippen LogP contribution >= 0.6 is 11.9 Å². The molecule has 0 aromatic heterocycles. The summed E-state index contributed by atoms with van der Waals surface area (Å²) in [6, 6.07) is 0. The van der Waals surface area contributed by atoms with Crippen LogP contribution in [0, 0.1) is 5.92 Å². The maximum atomic E-state index is 11.2. The van der Waals surface area contributed by atoms with Gasteiger partial charge < -0.3 is 9.47 Å². The van der Waals surface area contributed by atoms with E-state index in [4.69, 9.17) is 9.47 Å². The highest BCUT2D eigenvalue weighted by Crippen LogP contribution is 2.18. The lowest BCUT2D eigenvalue weighted by Gasteiger charge is -2.36. The summed E-state index contributed by atoms with van der Waals surface area (Å²) in [4.78, 5) is 11.2. The highest BCUT2D eigenvalue weighted by Gasteiger charge is 2.26. The van der Waals surface area contributed by atoms with Crippen LogP contribution in [0.15, 0.2) is 0 Å². The summed E-state index contributed by atoms with van der Waals surface area (Å²) in [5.41, 5.74) is 0. The smallest absolute Gasteiger partial charge is 0.160 e. The number of ketones is 1. The van der Waals surface area contributed by atoms with E-state index in [-0.39, 0.29) is 18.3 Å².